The minimum atomic E-state index is -0.689. The Bertz CT molecular complexity index is 97.7. The summed E-state index contributed by atoms with van der Waals surface area (Å²) in [4.78, 5) is 10.0. The highest BCUT2D eigenvalue weighted by Gasteiger charge is 1.91. The van der Waals surface area contributed by atoms with Crippen molar-refractivity contribution in [3.05, 3.63) is 0 Å². The first-order valence-electron chi connectivity index (χ1n) is 3.30. The van der Waals surface area contributed by atoms with Crippen LogP contribution in [0.25, 0.3) is 0 Å². The maximum absolute atomic E-state index is 10.0. The van der Waals surface area contributed by atoms with E-state index in [0.29, 0.717) is 6.61 Å². The van der Waals surface area contributed by atoms with Crippen molar-refractivity contribution in [3.63, 3.8) is 0 Å². The van der Waals surface area contributed by atoms with Crippen LogP contribution >= 0.6 is 12.6 Å². The van der Waals surface area contributed by atoms with E-state index in [0.717, 1.165) is 25.0 Å². The molecule has 0 aromatic heterocycles. The molecule has 0 fully saturated rings. The second-order valence-electron chi connectivity index (χ2n) is 1.95. The van der Waals surface area contributed by atoms with Gasteiger partial charge >= 0.3 is 6.09 Å². The molecule has 4 heteroatoms. The van der Waals surface area contributed by atoms with Gasteiger partial charge in [-0.25, -0.2) is 4.79 Å². The average Bonchev–Trinajstić information content (AvgIpc) is 1.87. The van der Waals surface area contributed by atoms with Gasteiger partial charge in [-0.15, -0.1) is 0 Å². The van der Waals surface area contributed by atoms with Crippen LogP contribution in [-0.2, 0) is 4.74 Å². The number of ether oxygens (including phenoxy) is 1. The number of unbranched alkanes of at least 4 members (excludes halogenated alkanes) is 2. The minimum absolute atomic E-state index is 0.434. The summed E-state index contributed by atoms with van der Waals surface area (Å²) in [5.74, 6) is 0.885. The highest BCUT2D eigenvalue weighted by atomic mass is 32.1. The Balaban J connectivity index is 2.84. The number of thiol groups is 1. The van der Waals surface area contributed by atoms with Crippen molar-refractivity contribution in [1.82, 2.24) is 0 Å². The van der Waals surface area contributed by atoms with Crippen LogP contribution in [-0.4, -0.2) is 18.5 Å². The molecule has 0 aromatic rings. The number of hydrogen-bond donors (Lipinski definition) is 2. The number of rotatable bonds is 5. The first-order valence-corrected chi connectivity index (χ1v) is 3.93. The zero-order valence-corrected chi connectivity index (χ0v) is 6.77. The van der Waals surface area contributed by atoms with E-state index < -0.39 is 6.09 Å². The largest absolute Gasteiger partial charge is 0.450 e. The topological polar surface area (TPSA) is 52.3 Å². The van der Waals surface area contributed by atoms with Crippen LogP contribution in [0.2, 0.25) is 0 Å². The van der Waals surface area contributed by atoms with Crippen LogP contribution in [0.5, 0.6) is 0 Å². The summed E-state index contributed by atoms with van der Waals surface area (Å²) in [5.41, 5.74) is 4.73. The summed E-state index contributed by atoms with van der Waals surface area (Å²) in [6, 6.07) is 0. The number of hydrogen-bond acceptors (Lipinski definition) is 3. The van der Waals surface area contributed by atoms with Crippen molar-refractivity contribution in [2.75, 3.05) is 12.4 Å². The van der Waals surface area contributed by atoms with Gasteiger partial charge in [0.25, 0.3) is 0 Å². The summed E-state index contributed by atoms with van der Waals surface area (Å²) < 4.78 is 4.50. The molecular formula is C6H13NO2S. The predicted molar refractivity (Wildman–Crippen MR) is 43.2 cm³/mol. The molecule has 0 aliphatic rings. The number of carbonyl (C=O) groups excluding carboxylic acids is 1. The summed E-state index contributed by atoms with van der Waals surface area (Å²) in [6.07, 6.45) is 2.29. The third-order valence-electron chi connectivity index (χ3n) is 1.05. The van der Waals surface area contributed by atoms with Crippen molar-refractivity contribution in [3.8, 4) is 0 Å². The first-order chi connectivity index (χ1) is 4.77. The summed E-state index contributed by atoms with van der Waals surface area (Å²) in [7, 11) is 0. The molecular weight excluding hydrogens is 150 g/mol. The standard InChI is InChI=1S/C6H13NO2S/c7-6(8)9-4-2-1-3-5-10/h10H,1-5H2,(H2,7,8). The molecule has 2 N–H and O–H groups in total. The third kappa shape index (κ3) is 7.62. The van der Waals surface area contributed by atoms with Gasteiger partial charge in [0, 0.05) is 0 Å². The van der Waals surface area contributed by atoms with Crippen LogP contribution < -0.4 is 5.73 Å². The zero-order valence-electron chi connectivity index (χ0n) is 5.88. The van der Waals surface area contributed by atoms with Crippen molar-refractivity contribution >= 4 is 18.7 Å². The van der Waals surface area contributed by atoms with E-state index in [2.05, 4.69) is 17.4 Å². The fourth-order valence-electron chi connectivity index (χ4n) is 0.563. The van der Waals surface area contributed by atoms with E-state index >= 15 is 0 Å². The summed E-state index contributed by atoms with van der Waals surface area (Å²) >= 11 is 4.03. The van der Waals surface area contributed by atoms with Gasteiger partial charge in [0.1, 0.15) is 0 Å². The second kappa shape index (κ2) is 6.74. The maximum Gasteiger partial charge on any atom is 0.404 e. The predicted octanol–water partition coefficient (Wildman–Crippen LogP) is 1.18. The van der Waals surface area contributed by atoms with Gasteiger partial charge in [-0.1, -0.05) is 0 Å². The van der Waals surface area contributed by atoms with E-state index in [9.17, 15) is 4.79 Å². The van der Waals surface area contributed by atoms with Crippen LogP contribution in [0.3, 0.4) is 0 Å². The maximum atomic E-state index is 10.0. The minimum Gasteiger partial charge on any atom is -0.450 e. The molecule has 0 saturated carbocycles. The molecule has 60 valence electrons. The van der Waals surface area contributed by atoms with Crippen molar-refractivity contribution in [2.24, 2.45) is 5.73 Å². The molecule has 0 atom stereocenters. The Labute approximate surface area is 66.3 Å². The molecule has 0 aliphatic heterocycles. The van der Waals surface area contributed by atoms with Gasteiger partial charge in [-0.2, -0.15) is 12.6 Å². The molecule has 3 nitrogen and oxygen atoms in total. The molecule has 0 unspecified atom stereocenters. The van der Waals surface area contributed by atoms with Crippen molar-refractivity contribution < 1.29 is 9.53 Å². The molecule has 10 heavy (non-hydrogen) atoms. The monoisotopic (exact) mass is 163 g/mol. The molecule has 0 rings (SSSR count). The van der Waals surface area contributed by atoms with Gasteiger partial charge in [0.2, 0.25) is 0 Å². The fourth-order valence-corrected chi connectivity index (χ4v) is 0.787. The molecule has 1 amide bonds. The van der Waals surface area contributed by atoms with Gasteiger partial charge < -0.3 is 10.5 Å². The SMILES string of the molecule is NC(=O)OCCCCCS. The lowest BCUT2D eigenvalue weighted by Gasteiger charge is -1.98. The van der Waals surface area contributed by atoms with Crippen LogP contribution in [0, 0.1) is 0 Å². The van der Waals surface area contributed by atoms with Crippen molar-refractivity contribution in [1.29, 1.82) is 0 Å². The average molecular weight is 163 g/mol. The molecule has 0 spiro atoms. The van der Waals surface area contributed by atoms with Gasteiger partial charge in [0.05, 0.1) is 6.61 Å². The fraction of sp³-hybridized carbons (Fsp3) is 0.833. The molecule has 0 radical (unpaired) electrons. The van der Waals surface area contributed by atoms with E-state index in [1.807, 2.05) is 0 Å². The Morgan fingerprint density at radius 1 is 1.40 bits per heavy atom. The van der Waals surface area contributed by atoms with E-state index in [4.69, 9.17) is 5.73 Å². The number of amides is 1. The lowest BCUT2D eigenvalue weighted by atomic mass is 10.3. The number of primary amides is 1. The molecule has 0 saturated heterocycles. The second-order valence-corrected chi connectivity index (χ2v) is 2.40. The van der Waals surface area contributed by atoms with E-state index in [1.165, 1.54) is 0 Å². The number of carbonyl (C=O) groups is 1. The zero-order chi connectivity index (χ0) is 7.82. The van der Waals surface area contributed by atoms with Crippen molar-refractivity contribution in [2.45, 2.75) is 19.3 Å². The normalized spacial score (nSPS) is 9.30. The van der Waals surface area contributed by atoms with Gasteiger partial charge in [-0.3, -0.25) is 0 Å². The first kappa shape index (κ1) is 9.62. The lowest BCUT2D eigenvalue weighted by Crippen LogP contribution is -2.13. The number of nitrogens with two attached hydrogens (primary N) is 1. The van der Waals surface area contributed by atoms with Gasteiger partial charge in [-0.05, 0) is 25.0 Å². The molecule has 0 aromatic carbocycles. The molecule has 0 bridgehead atoms. The third-order valence-corrected chi connectivity index (χ3v) is 1.36. The van der Waals surface area contributed by atoms with E-state index in [1.54, 1.807) is 0 Å². The van der Waals surface area contributed by atoms with Gasteiger partial charge in [0.15, 0.2) is 0 Å². The smallest absolute Gasteiger partial charge is 0.404 e. The Kier molecular flexibility index (Phi) is 6.48. The van der Waals surface area contributed by atoms with Crippen LogP contribution in [0.15, 0.2) is 0 Å². The molecule has 0 heterocycles. The highest BCUT2D eigenvalue weighted by Crippen LogP contribution is 1.96. The molecule has 0 aliphatic carbocycles. The Hall–Kier alpha value is -0.380. The van der Waals surface area contributed by atoms with Crippen LogP contribution in [0.1, 0.15) is 19.3 Å². The Morgan fingerprint density at radius 3 is 2.60 bits per heavy atom. The van der Waals surface area contributed by atoms with Crippen LogP contribution in [0.4, 0.5) is 4.79 Å². The van der Waals surface area contributed by atoms with E-state index in [-0.39, 0.29) is 0 Å². The Morgan fingerprint density at radius 2 is 2.10 bits per heavy atom. The lowest BCUT2D eigenvalue weighted by molar-refractivity contribution is 0.154. The summed E-state index contributed by atoms with van der Waals surface area (Å²) in [6.45, 7) is 0.434. The highest BCUT2D eigenvalue weighted by molar-refractivity contribution is 7.80. The summed E-state index contributed by atoms with van der Waals surface area (Å²) in [5, 5.41) is 0. The quantitative estimate of drug-likeness (QED) is 0.472.